The molecule has 1 aliphatic carbocycles. The predicted molar refractivity (Wildman–Crippen MR) is 98.8 cm³/mol. The average Bonchev–Trinajstić information content (AvgIpc) is 2.66. The molecule has 0 spiro atoms. The van der Waals surface area contributed by atoms with E-state index in [1.807, 2.05) is 6.92 Å². The molecule has 3 rings (SSSR count). The summed E-state index contributed by atoms with van der Waals surface area (Å²) in [7, 11) is 0. The van der Waals surface area contributed by atoms with E-state index in [2.05, 4.69) is 34.5 Å². The first-order chi connectivity index (χ1) is 12.2. The molecule has 1 fully saturated rings. The molecule has 1 amide bonds. The number of fused-ring (bicyclic) bond motifs is 1. The second kappa shape index (κ2) is 8.20. The van der Waals surface area contributed by atoms with Gasteiger partial charge in [0.15, 0.2) is 0 Å². The van der Waals surface area contributed by atoms with Crippen molar-refractivity contribution in [2.45, 2.75) is 57.9 Å². The molecule has 132 valence electrons. The van der Waals surface area contributed by atoms with Crippen molar-refractivity contribution in [1.29, 1.82) is 5.26 Å². The van der Waals surface area contributed by atoms with Crippen LogP contribution in [0.5, 0.6) is 0 Å². The van der Waals surface area contributed by atoms with Gasteiger partial charge in [-0.1, -0.05) is 18.2 Å². The van der Waals surface area contributed by atoms with E-state index in [0.29, 0.717) is 0 Å². The highest BCUT2D eigenvalue weighted by Gasteiger charge is 2.17. The minimum atomic E-state index is -0.279. The van der Waals surface area contributed by atoms with Gasteiger partial charge in [-0.05, 0) is 68.6 Å². The highest BCUT2D eigenvalue weighted by Crippen LogP contribution is 2.25. The second-order valence-electron chi connectivity index (χ2n) is 7.18. The minimum Gasteiger partial charge on any atom is -0.376 e. The molecule has 1 atom stereocenters. The Morgan fingerprint density at radius 1 is 1.16 bits per heavy atom. The van der Waals surface area contributed by atoms with Crippen LogP contribution >= 0.6 is 0 Å². The molecular weight excluding hydrogens is 310 g/mol. The number of aryl methyl sites for hydroxylation is 2. The van der Waals surface area contributed by atoms with Crippen LogP contribution in [0.4, 0.5) is 0 Å². The molecule has 0 aromatic heterocycles. The molecule has 1 N–H and O–H groups in total. The fraction of sp³-hybridized carbons (Fsp3) is 0.524. The number of hydrogen-bond acceptors (Lipinski definition) is 3. The minimum absolute atomic E-state index is 0.0992. The van der Waals surface area contributed by atoms with Crippen molar-refractivity contribution in [3.05, 3.63) is 46.7 Å². The van der Waals surface area contributed by atoms with E-state index < -0.39 is 0 Å². The van der Waals surface area contributed by atoms with Crippen LogP contribution in [0.2, 0.25) is 0 Å². The molecule has 0 saturated carbocycles. The lowest BCUT2D eigenvalue weighted by Gasteiger charge is -2.25. The first-order valence-electron chi connectivity index (χ1n) is 9.46. The number of nitrogens with zero attached hydrogens (tertiary/aromatic N) is 2. The predicted octanol–water partition coefficient (Wildman–Crippen LogP) is 3.64. The molecule has 0 bridgehead atoms. The van der Waals surface area contributed by atoms with Crippen molar-refractivity contribution in [3.63, 3.8) is 0 Å². The summed E-state index contributed by atoms with van der Waals surface area (Å²) >= 11 is 0. The van der Waals surface area contributed by atoms with Crippen molar-refractivity contribution < 1.29 is 4.79 Å². The highest BCUT2D eigenvalue weighted by atomic mass is 16.1. The van der Waals surface area contributed by atoms with Crippen LogP contribution in [-0.2, 0) is 17.6 Å². The summed E-state index contributed by atoms with van der Waals surface area (Å²) in [5, 5.41) is 12.4. The summed E-state index contributed by atoms with van der Waals surface area (Å²) in [6, 6.07) is 8.49. The Morgan fingerprint density at radius 2 is 1.88 bits per heavy atom. The van der Waals surface area contributed by atoms with Gasteiger partial charge in [0.05, 0.1) is 6.04 Å². The number of nitriles is 1. The zero-order valence-electron chi connectivity index (χ0n) is 15.1. The Labute approximate surface area is 150 Å². The normalized spacial score (nSPS) is 18.9. The number of amides is 1. The molecule has 1 aromatic rings. The SMILES string of the molecule is CC(NC(=O)/C(C#N)=C\N1CCCCC1)c1ccc2c(c1)CCCC2. The summed E-state index contributed by atoms with van der Waals surface area (Å²) in [6.07, 6.45) is 10.0. The number of nitrogens with one attached hydrogen (secondary N) is 1. The Morgan fingerprint density at radius 3 is 2.60 bits per heavy atom. The molecular formula is C21H27N3O. The van der Waals surface area contributed by atoms with Gasteiger partial charge >= 0.3 is 0 Å². The van der Waals surface area contributed by atoms with Gasteiger partial charge in [0.25, 0.3) is 5.91 Å². The summed E-state index contributed by atoms with van der Waals surface area (Å²) in [5.74, 6) is -0.279. The van der Waals surface area contributed by atoms with Crippen LogP contribution in [0.3, 0.4) is 0 Å². The monoisotopic (exact) mass is 337 g/mol. The topological polar surface area (TPSA) is 56.1 Å². The van der Waals surface area contributed by atoms with Gasteiger partial charge < -0.3 is 10.2 Å². The van der Waals surface area contributed by atoms with Crippen LogP contribution in [0, 0.1) is 11.3 Å². The largest absolute Gasteiger partial charge is 0.376 e. The van der Waals surface area contributed by atoms with Crippen molar-refractivity contribution in [2.75, 3.05) is 13.1 Å². The van der Waals surface area contributed by atoms with Crippen LogP contribution in [0.1, 0.15) is 61.8 Å². The summed E-state index contributed by atoms with van der Waals surface area (Å²) in [4.78, 5) is 14.6. The number of carbonyl (C=O) groups is 1. The number of piperidine rings is 1. The molecule has 2 aliphatic rings. The third kappa shape index (κ3) is 4.42. The Kier molecular flexibility index (Phi) is 5.75. The van der Waals surface area contributed by atoms with E-state index in [-0.39, 0.29) is 17.5 Å². The number of likely N-dealkylation sites (tertiary alicyclic amines) is 1. The van der Waals surface area contributed by atoms with Crippen LogP contribution in [-0.4, -0.2) is 23.9 Å². The zero-order chi connectivity index (χ0) is 17.6. The molecule has 25 heavy (non-hydrogen) atoms. The second-order valence-corrected chi connectivity index (χ2v) is 7.18. The maximum Gasteiger partial charge on any atom is 0.263 e. The lowest BCUT2D eigenvalue weighted by Crippen LogP contribution is -2.30. The molecule has 1 aliphatic heterocycles. The Hall–Kier alpha value is -2.28. The zero-order valence-corrected chi connectivity index (χ0v) is 15.1. The summed E-state index contributed by atoms with van der Waals surface area (Å²) < 4.78 is 0. The molecule has 0 radical (unpaired) electrons. The van der Waals surface area contributed by atoms with E-state index in [9.17, 15) is 10.1 Å². The van der Waals surface area contributed by atoms with Crippen molar-refractivity contribution in [3.8, 4) is 6.07 Å². The highest BCUT2D eigenvalue weighted by molar-refractivity contribution is 5.97. The number of hydrogen-bond donors (Lipinski definition) is 1. The van der Waals surface area contributed by atoms with Gasteiger partial charge in [0, 0.05) is 19.3 Å². The third-order valence-electron chi connectivity index (χ3n) is 5.29. The number of carbonyl (C=O) groups excluding carboxylic acids is 1. The van der Waals surface area contributed by atoms with Crippen molar-refractivity contribution in [2.24, 2.45) is 0 Å². The maximum absolute atomic E-state index is 12.5. The maximum atomic E-state index is 12.5. The summed E-state index contributed by atoms with van der Waals surface area (Å²) in [6.45, 7) is 3.84. The molecule has 1 unspecified atom stereocenters. The van der Waals surface area contributed by atoms with Crippen LogP contribution < -0.4 is 5.32 Å². The smallest absolute Gasteiger partial charge is 0.263 e. The third-order valence-corrected chi connectivity index (χ3v) is 5.29. The summed E-state index contributed by atoms with van der Waals surface area (Å²) in [5.41, 5.74) is 4.17. The lowest BCUT2D eigenvalue weighted by molar-refractivity contribution is -0.117. The molecule has 1 heterocycles. The van der Waals surface area contributed by atoms with Gasteiger partial charge in [0.2, 0.25) is 0 Å². The molecule has 1 aromatic carbocycles. The fourth-order valence-electron chi connectivity index (χ4n) is 3.75. The Bertz CT molecular complexity index is 696. The van der Waals surface area contributed by atoms with Gasteiger partial charge in [-0.3, -0.25) is 4.79 Å². The molecule has 4 nitrogen and oxygen atoms in total. The van der Waals surface area contributed by atoms with Crippen LogP contribution in [0.15, 0.2) is 30.0 Å². The Balaban J connectivity index is 1.66. The molecule has 4 heteroatoms. The van der Waals surface area contributed by atoms with E-state index in [0.717, 1.165) is 44.3 Å². The van der Waals surface area contributed by atoms with Gasteiger partial charge in [-0.25, -0.2) is 0 Å². The first-order valence-corrected chi connectivity index (χ1v) is 9.46. The van der Waals surface area contributed by atoms with Crippen molar-refractivity contribution >= 4 is 5.91 Å². The number of rotatable bonds is 4. The van der Waals surface area contributed by atoms with Gasteiger partial charge in [-0.15, -0.1) is 0 Å². The average molecular weight is 337 g/mol. The van der Waals surface area contributed by atoms with Crippen molar-refractivity contribution in [1.82, 2.24) is 10.2 Å². The van der Waals surface area contributed by atoms with Crippen LogP contribution in [0.25, 0.3) is 0 Å². The first kappa shape index (κ1) is 17.5. The standard InChI is InChI=1S/C21H27N3O/c1-16(18-10-9-17-7-3-4-8-19(17)13-18)23-21(25)20(14-22)15-24-11-5-2-6-12-24/h9-10,13,15-16H,2-8,11-12H2,1H3,(H,23,25)/b20-15-. The van der Waals surface area contributed by atoms with E-state index >= 15 is 0 Å². The molecule has 1 saturated heterocycles. The van der Waals surface area contributed by atoms with E-state index in [1.165, 1.54) is 30.4 Å². The van der Waals surface area contributed by atoms with Gasteiger partial charge in [-0.2, -0.15) is 5.26 Å². The van der Waals surface area contributed by atoms with Gasteiger partial charge in [0.1, 0.15) is 11.6 Å². The number of benzene rings is 1. The van der Waals surface area contributed by atoms with E-state index in [4.69, 9.17) is 0 Å². The fourth-order valence-corrected chi connectivity index (χ4v) is 3.75. The lowest BCUT2D eigenvalue weighted by atomic mass is 9.89. The quantitative estimate of drug-likeness (QED) is 0.674. The van der Waals surface area contributed by atoms with E-state index in [1.54, 1.807) is 6.20 Å².